The number of fused-ring (bicyclic) bond motifs is 1. The van der Waals surface area contributed by atoms with Gasteiger partial charge in [0.05, 0.1) is 5.75 Å². The van der Waals surface area contributed by atoms with Crippen LogP contribution in [0.25, 0.3) is 0 Å². The minimum Gasteiger partial charge on any atom is -0.455 e. The van der Waals surface area contributed by atoms with Crippen molar-refractivity contribution < 1.29 is 9.21 Å². The Hall–Kier alpha value is -1.34. The summed E-state index contributed by atoms with van der Waals surface area (Å²) in [6.07, 6.45) is 3.92. The lowest BCUT2D eigenvalue weighted by atomic mass is 10.2. The predicted molar refractivity (Wildman–Crippen MR) is 92.2 cm³/mol. The maximum absolute atomic E-state index is 12.0. The highest BCUT2D eigenvalue weighted by atomic mass is 32.2. The van der Waals surface area contributed by atoms with Crippen LogP contribution in [0.3, 0.4) is 0 Å². The van der Waals surface area contributed by atoms with Crippen LogP contribution in [0.2, 0.25) is 0 Å². The average molecular weight is 337 g/mol. The van der Waals surface area contributed by atoms with Gasteiger partial charge in [-0.15, -0.1) is 0 Å². The first kappa shape index (κ1) is 15.6. The molecule has 0 saturated carbocycles. The molecule has 0 fully saturated rings. The highest BCUT2D eigenvalue weighted by Gasteiger charge is 2.24. The number of nitrogens with zero attached hydrogens (tertiary/aromatic N) is 2. The van der Waals surface area contributed by atoms with E-state index in [1.54, 1.807) is 29.6 Å². The highest BCUT2D eigenvalue weighted by molar-refractivity contribution is 8.16. The minimum absolute atomic E-state index is 0.147. The molecule has 0 radical (unpaired) electrons. The van der Waals surface area contributed by atoms with E-state index in [-0.39, 0.29) is 5.91 Å². The fraction of sp³-hybridized carbons (Fsp3) is 0.467. The first-order valence-corrected chi connectivity index (χ1v) is 9.59. The first-order valence-electron chi connectivity index (χ1n) is 7.31. The van der Waals surface area contributed by atoms with Crippen molar-refractivity contribution in [2.45, 2.75) is 18.6 Å². The van der Waals surface area contributed by atoms with E-state index in [1.165, 1.54) is 5.70 Å². The SMILES string of the molecule is CSCc1ccc(C(=O)NCCC2=CSC3=NCCCN23)o1. The van der Waals surface area contributed by atoms with Crippen molar-refractivity contribution in [3.8, 4) is 0 Å². The summed E-state index contributed by atoms with van der Waals surface area (Å²) in [6, 6.07) is 3.60. The molecule has 2 aliphatic rings. The summed E-state index contributed by atoms with van der Waals surface area (Å²) in [5.74, 6) is 1.86. The smallest absolute Gasteiger partial charge is 0.287 e. The molecule has 3 heterocycles. The van der Waals surface area contributed by atoms with Gasteiger partial charge < -0.3 is 14.6 Å². The Bertz CT molecular complexity index is 610. The van der Waals surface area contributed by atoms with Crippen LogP contribution in [0, 0.1) is 0 Å². The first-order chi connectivity index (χ1) is 10.8. The normalized spacial score (nSPS) is 17.0. The van der Waals surface area contributed by atoms with E-state index in [1.807, 2.05) is 12.3 Å². The number of hydrogen-bond donors (Lipinski definition) is 1. The van der Waals surface area contributed by atoms with Gasteiger partial charge in [0.25, 0.3) is 5.91 Å². The number of rotatable bonds is 6. The molecule has 1 amide bonds. The number of amidine groups is 1. The number of thioether (sulfide) groups is 2. The van der Waals surface area contributed by atoms with Crippen LogP contribution in [-0.2, 0) is 5.75 Å². The van der Waals surface area contributed by atoms with Crippen LogP contribution < -0.4 is 5.32 Å². The zero-order valence-electron chi connectivity index (χ0n) is 12.5. The van der Waals surface area contributed by atoms with Crippen molar-refractivity contribution >= 4 is 34.6 Å². The van der Waals surface area contributed by atoms with Crippen molar-refractivity contribution in [1.82, 2.24) is 10.2 Å². The molecule has 3 rings (SSSR count). The van der Waals surface area contributed by atoms with Crippen molar-refractivity contribution in [2.75, 3.05) is 25.9 Å². The van der Waals surface area contributed by atoms with Gasteiger partial charge in [-0.2, -0.15) is 11.8 Å². The number of nitrogens with one attached hydrogen (secondary N) is 1. The molecule has 5 nitrogen and oxygen atoms in total. The largest absolute Gasteiger partial charge is 0.455 e. The van der Waals surface area contributed by atoms with Crippen LogP contribution >= 0.6 is 23.5 Å². The van der Waals surface area contributed by atoms with Crippen molar-refractivity contribution in [3.63, 3.8) is 0 Å². The van der Waals surface area contributed by atoms with E-state index in [4.69, 9.17) is 4.42 Å². The molecule has 0 unspecified atom stereocenters. The Morgan fingerprint density at radius 1 is 1.55 bits per heavy atom. The standard InChI is InChI=1S/C15H19N3O2S2/c1-21-10-12-3-4-13(20-12)14(19)16-7-5-11-9-22-15-17-6-2-8-18(11)15/h3-4,9H,2,5-8,10H2,1H3,(H,16,19). The van der Waals surface area contributed by atoms with Crippen molar-refractivity contribution in [3.05, 3.63) is 34.8 Å². The third-order valence-electron chi connectivity index (χ3n) is 3.50. The van der Waals surface area contributed by atoms with Crippen LogP contribution in [0.4, 0.5) is 0 Å². The Morgan fingerprint density at radius 3 is 3.32 bits per heavy atom. The number of hydrogen-bond acceptors (Lipinski definition) is 6. The Kier molecular flexibility index (Phi) is 5.15. The van der Waals surface area contributed by atoms with Crippen LogP contribution in [0.5, 0.6) is 0 Å². The predicted octanol–water partition coefficient (Wildman–Crippen LogP) is 2.91. The monoisotopic (exact) mass is 337 g/mol. The average Bonchev–Trinajstić information content (AvgIpc) is 3.15. The second-order valence-electron chi connectivity index (χ2n) is 5.10. The van der Waals surface area contributed by atoms with E-state index >= 15 is 0 Å². The molecule has 118 valence electrons. The van der Waals surface area contributed by atoms with Gasteiger partial charge in [0.15, 0.2) is 10.9 Å². The number of carbonyl (C=O) groups is 1. The van der Waals surface area contributed by atoms with Gasteiger partial charge in [-0.3, -0.25) is 9.79 Å². The van der Waals surface area contributed by atoms with E-state index < -0.39 is 0 Å². The second-order valence-corrected chi connectivity index (χ2v) is 6.80. The summed E-state index contributed by atoms with van der Waals surface area (Å²) in [7, 11) is 0. The summed E-state index contributed by atoms with van der Waals surface area (Å²) in [4.78, 5) is 18.8. The Balaban J connectivity index is 1.47. The van der Waals surface area contributed by atoms with Gasteiger partial charge >= 0.3 is 0 Å². The van der Waals surface area contributed by atoms with Crippen LogP contribution in [0.15, 0.2) is 32.6 Å². The summed E-state index contributed by atoms with van der Waals surface area (Å²) in [5.41, 5.74) is 1.24. The maximum atomic E-state index is 12.0. The molecular weight excluding hydrogens is 318 g/mol. The highest BCUT2D eigenvalue weighted by Crippen LogP contribution is 2.30. The Morgan fingerprint density at radius 2 is 2.45 bits per heavy atom. The fourth-order valence-corrected chi connectivity index (χ4v) is 3.87. The lowest BCUT2D eigenvalue weighted by Gasteiger charge is -2.25. The molecule has 0 atom stereocenters. The summed E-state index contributed by atoms with van der Waals surface area (Å²) < 4.78 is 5.51. The Labute approximate surface area is 138 Å². The fourth-order valence-electron chi connectivity index (χ4n) is 2.44. The third-order valence-corrected chi connectivity index (χ3v) is 5.03. The number of furan rings is 1. The van der Waals surface area contributed by atoms with Crippen molar-refractivity contribution in [1.29, 1.82) is 0 Å². The molecular formula is C15H19N3O2S2. The lowest BCUT2D eigenvalue weighted by Crippen LogP contribution is -2.32. The molecule has 0 bridgehead atoms. The van der Waals surface area contributed by atoms with Crippen LogP contribution in [-0.4, -0.2) is 41.9 Å². The molecule has 0 saturated heterocycles. The molecule has 0 spiro atoms. The molecule has 1 aromatic rings. The van der Waals surface area contributed by atoms with Crippen molar-refractivity contribution in [2.24, 2.45) is 4.99 Å². The molecule has 1 N–H and O–H groups in total. The van der Waals surface area contributed by atoms with Gasteiger partial charge in [-0.05, 0) is 30.2 Å². The van der Waals surface area contributed by atoms with E-state index in [0.717, 1.165) is 42.6 Å². The number of carbonyl (C=O) groups excluding carboxylic acids is 1. The lowest BCUT2D eigenvalue weighted by molar-refractivity contribution is 0.0924. The van der Waals surface area contributed by atoms with Gasteiger partial charge in [0.2, 0.25) is 0 Å². The van der Waals surface area contributed by atoms with Gasteiger partial charge in [0, 0.05) is 31.8 Å². The second kappa shape index (κ2) is 7.28. The van der Waals surface area contributed by atoms with E-state index in [0.29, 0.717) is 12.3 Å². The molecule has 22 heavy (non-hydrogen) atoms. The zero-order chi connectivity index (χ0) is 15.4. The molecule has 0 aromatic carbocycles. The summed E-state index contributed by atoms with van der Waals surface area (Å²) in [5, 5.41) is 6.16. The topological polar surface area (TPSA) is 57.8 Å². The molecule has 2 aliphatic heterocycles. The summed E-state index contributed by atoms with van der Waals surface area (Å²) >= 11 is 3.35. The van der Waals surface area contributed by atoms with E-state index in [9.17, 15) is 4.79 Å². The third kappa shape index (κ3) is 3.52. The zero-order valence-corrected chi connectivity index (χ0v) is 14.1. The molecule has 1 aromatic heterocycles. The summed E-state index contributed by atoms with van der Waals surface area (Å²) in [6.45, 7) is 2.56. The van der Waals surface area contributed by atoms with Gasteiger partial charge in [0.1, 0.15) is 5.76 Å². The van der Waals surface area contributed by atoms with Gasteiger partial charge in [-0.1, -0.05) is 11.8 Å². The number of aliphatic imine (C=N–C) groups is 1. The quantitative estimate of drug-likeness (QED) is 0.865. The minimum atomic E-state index is -0.147. The molecule has 0 aliphatic carbocycles. The van der Waals surface area contributed by atoms with E-state index in [2.05, 4.69) is 20.6 Å². The van der Waals surface area contributed by atoms with Gasteiger partial charge in [-0.25, -0.2) is 0 Å². The molecule has 7 heteroatoms. The number of amides is 1. The maximum Gasteiger partial charge on any atom is 0.287 e. The van der Waals surface area contributed by atoms with Crippen LogP contribution in [0.1, 0.15) is 29.2 Å².